The van der Waals surface area contributed by atoms with Crippen LogP contribution >= 0.6 is 23.2 Å². The fraction of sp³-hybridized carbons (Fsp3) is 0.250. The molecule has 0 saturated heterocycles. The summed E-state index contributed by atoms with van der Waals surface area (Å²) in [5, 5.41) is 7.72. The summed E-state index contributed by atoms with van der Waals surface area (Å²) in [7, 11) is 0. The van der Waals surface area contributed by atoms with Crippen molar-refractivity contribution in [1.29, 1.82) is 0 Å². The topological polar surface area (TPSA) is 81.4 Å². The Balaban J connectivity index is 1.38. The lowest BCUT2D eigenvalue weighted by Gasteiger charge is -2.09. The van der Waals surface area contributed by atoms with Crippen LogP contribution in [0, 0.1) is 0 Å². The number of benzene rings is 1. The molecule has 25 heavy (non-hydrogen) atoms. The zero-order valence-electron chi connectivity index (χ0n) is 13.2. The number of amides is 1. The van der Waals surface area contributed by atoms with E-state index >= 15 is 0 Å². The van der Waals surface area contributed by atoms with E-state index in [2.05, 4.69) is 20.4 Å². The first-order chi connectivity index (χ1) is 12.1. The summed E-state index contributed by atoms with van der Waals surface area (Å²) in [6.07, 6.45) is 6.64. The zero-order chi connectivity index (χ0) is 17.6. The summed E-state index contributed by atoms with van der Waals surface area (Å²) in [5.74, 6) is 0.777. The quantitative estimate of drug-likeness (QED) is 0.638. The Hall–Kier alpha value is -2.38. The molecule has 130 valence electrons. The SMILES string of the molecule is O=C(COc1ccc(Cl)cc1Cl)NCCCc1cnc2ncnn2c1. The van der Waals surface area contributed by atoms with Crippen molar-refractivity contribution in [3.8, 4) is 5.75 Å². The molecule has 1 amide bonds. The molecule has 3 rings (SSSR count). The van der Waals surface area contributed by atoms with Crippen LogP contribution in [0.5, 0.6) is 5.75 Å². The monoisotopic (exact) mass is 379 g/mol. The second kappa shape index (κ2) is 8.13. The van der Waals surface area contributed by atoms with Crippen LogP contribution in [0.4, 0.5) is 0 Å². The Morgan fingerprint density at radius 3 is 3.00 bits per heavy atom. The van der Waals surface area contributed by atoms with Gasteiger partial charge in [0.1, 0.15) is 12.1 Å². The maximum Gasteiger partial charge on any atom is 0.257 e. The van der Waals surface area contributed by atoms with E-state index in [1.165, 1.54) is 6.33 Å². The Labute approximate surface area is 153 Å². The maximum atomic E-state index is 11.8. The van der Waals surface area contributed by atoms with Crippen molar-refractivity contribution >= 4 is 34.9 Å². The first kappa shape index (κ1) is 17.4. The number of rotatable bonds is 7. The highest BCUT2D eigenvalue weighted by molar-refractivity contribution is 6.35. The number of nitrogens with zero attached hydrogens (tertiary/aromatic N) is 4. The summed E-state index contributed by atoms with van der Waals surface area (Å²) in [6, 6.07) is 4.85. The first-order valence-electron chi connectivity index (χ1n) is 7.60. The highest BCUT2D eigenvalue weighted by atomic mass is 35.5. The molecular weight excluding hydrogens is 365 g/mol. The number of ether oxygens (including phenoxy) is 1. The molecule has 9 heteroatoms. The maximum absolute atomic E-state index is 11.8. The molecule has 3 aromatic rings. The molecule has 0 fully saturated rings. The average molecular weight is 380 g/mol. The van der Waals surface area contributed by atoms with E-state index < -0.39 is 0 Å². The number of nitrogens with one attached hydrogen (secondary N) is 1. The first-order valence-corrected chi connectivity index (χ1v) is 8.36. The van der Waals surface area contributed by atoms with E-state index in [0.717, 1.165) is 18.4 Å². The Bertz CT molecular complexity index is 884. The molecule has 0 aliphatic rings. The summed E-state index contributed by atoms with van der Waals surface area (Å²) in [6.45, 7) is 0.430. The number of hydrogen-bond donors (Lipinski definition) is 1. The van der Waals surface area contributed by atoms with Gasteiger partial charge in [0.15, 0.2) is 6.61 Å². The minimum atomic E-state index is -0.212. The van der Waals surface area contributed by atoms with E-state index in [0.29, 0.717) is 28.1 Å². The largest absolute Gasteiger partial charge is 0.482 e. The minimum Gasteiger partial charge on any atom is -0.482 e. The standard InChI is InChI=1S/C16H15Cl2N5O2/c17-12-3-4-14(13(18)6-12)25-9-15(24)19-5-1-2-11-7-20-16-21-10-22-23(16)8-11/h3-4,6-8,10H,1-2,5,9H2,(H,19,24). The number of aromatic nitrogens is 4. The molecule has 0 saturated carbocycles. The van der Waals surface area contributed by atoms with Crippen LogP contribution in [0.15, 0.2) is 36.9 Å². The summed E-state index contributed by atoms with van der Waals surface area (Å²) < 4.78 is 7.00. The molecule has 0 aliphatic carbocycles. The molecule has 0 unspecified atom stereocenters. The van der Waals surface area contributed by atoms with Crippen LogP contribution in [0.1, 0.15) is 12.0 Å². The molecule has 1 N–H and O–H groups in total. The minimum absolute atomic E-state index is 0.103. The van der Waals surface area contributed by atoms with Crippen LogP contribution in [0.2, 0.25) is 10.0 Å². The lowest BCUT2D eigenvalue weighted by atomic mass is 10.2. The lowest BCUT2D eigenvalue weighted by Crippen LogP contribution is -2.30. The van der Waals surface area contributed by atoms with Gasteiger partial charge in [-0.05, 0) is 36.6 Å². The van der Waals surface area contributed by atoms with Gasteiger partial charge in [-0.1, -0.05) is 23.2 Å². The van der Waals surface area contributed by atoms with Crippen molar-refractivity contribution in [2.45, 2.75) is 12.8 Å². The van der Waals surface area contributed by atoms with Crippen molar-refractivity contribution in [2.75, 3.05) is 13.2 Å². The molecule has 7 nitrogen and oxygen atoms in total. The fourth-order valence-electron chi connectivity index (χ4n) is 2.19. The molecule has 1 aromatic carbocycles. The van der Waals surface area contributed by atoms with E-state index in [9.17, 15) is 4.79 Å². The van der Waals surface area contributed by atoms with Crippen LogP contribution in [-0.4, -0.2) is 38.6 Å². The van der Waals surface area contributed by atoms with Crippen LogP contribution in [0.3, 0.4) is 0 Å². The zero-order valence-corrected chi connectivity index (χ0v) is 14.7. The normalized spacial score (nSPS) is 10.8. The third kappa shape index (κ3) is 4.80. The molecule has 0 spiro atoms. The van der Waals surface area contributed by atoms with E-state index in [4.69, 9.17) is 27.9 Å². The van der Waals surface area contributed by atoms with Crippen LogP contribution < -0.4 is 10.1 Å². The Morgan fingerprint density at radius 1 is 1.28 bits per heavy atom. The predicted octanol–water partition coefficient (Wildman–Crippen LogP) is 2.56. The van der Waals surface area contributed by atoms with Crippen molar-refractivity contribution < 1.29 is 9.53 Å². The van der Waals surface area contributed by atoms with Gasteiger partial charge in [-0.3, -0.25) is 4.79 Å². The summed E-state index contributed by atoms with van der Waals surface area (Å²) >= 11 is 11.8. The van der Waals surface area contributed by atoms with Crippen molar-refractivity contribution in [3.63, 3.8) is 0 Å². The molecule has 0 bridgehead atoms. The number of halogens is 2. The summed E-state index contributed by atoms with van der Waals surface area (Å²) in [5.41, 5.74) is 1.02. The number of fused-ring (bicyclic) bond motifs is 1. The molecule has 0 radical (unpaired) electrons. The molecule has 0 atom stereocenters. The second-order valence-electron chi connectivity index (χ2n) is 5.28. The summed E-state index contributed by atoms with van der Waals surface area (Å²) in [4.78, 5) is 20.0. The highest BCUT2D eigenvalue weighted by Gasteiger charge is 2.06. The van der Waals surface area contributed by atoms with Gasteiger partial charge in [-0.2, -0.15) is 10.1 Å². The van der Waals surface area contributed by atoms with Gasteiger partial charge in [-0.25, -0.2) is 9.50 Å². The van der Waals surface area contributed by atoms with Gasteiger partial charge in [0, 0.05) is 24.0 Å². The van der Waals surface area contributed by atoms with Crippen LogP contribution in [-0.2, 0) is 11.2 Å². The van der Waals surface area contributed by atoms with E-state index in [1.54, 1.807) is 28.9 Å². The molecule has 0 aliphatic heterocycles. The van der Waals surface area contributed by atoms with E-state index in [-0.39, 0.29) is 12.5 Å². The number of aryl methyl sites for hydroxylation is 1. The van der Waals surface area contributed by atoms with Gasteiger partial charge < -0.3 is 10.1 Å². The smallest absolute Gasteiger partial charge is 0.257 e. The van der Waals surface area contributed by atoms with E-state index in [1.807, 2.05) is 6.20 Å². The second-order valence-corrected chi connectivity index (χ2v) is 6.13. The number of hydrogen-bond acceptors (Lipinski definition) is 5. The van der Waals surface area contributed by atoms with Gasteiger partial charge in [0.05, 0.1) is 5.02 Å². The number of carbonyl (C=O) groups excluding carboxylic acids is 1. The average Bonchev–Trinajstić information content (AvgIpc) is 3.05. The third-order valence-electron chi connectivity index (χ3n) is 3.41. The van der Waals surface area contributed by atoms with Gasteiger partial charge in [0.2, 0.25) is 0 Å². The predicted molar refractivity (Wildman–Crippen MR) is 94.1 cm³/mol. The Kier molecular flexibility index (Phi) is 5.67. The molecular formula is C16H15Cl2N5O2. The fourth-order valence-corrected chi connectivity index (χ4v) is 2.66. The number of carbonyl (C=O) groups is 1. The Morgan fingerprint density at radius 2 is 2.16 bits per heavy atom. The van der Waals surface area contributed by atoms with Gasteiger partial charge in [-0.15, -0.1) is 0 Å². The molecule has 2 aromatic heterocycles. The lowest BCUT2D eigenvalue weighted by molar-refractivity contribution is -0.123. The highest BCUT2D eigenvalue weighted by Crippen LogP contribution is 2.27. The van der Waals surface area contributed by atoms with Crippen molar-refractivity contribution in [3.05, 3.63) is 52.5 Å². The molecule has 2 heterocycles. The van der Waals surface area contributed by atoms with Crippen molar-refractivity contribution in [2.24, 2.45) is 0 Å². The van der Waals surface area contributed by atoms with Crippen LogP contribution in [0.25, 0.3) is 5.78 Å². The van der Waals surface area contributed by atoms with Gasteiger partial charge >= 0.3 is 0 Å². The van der Waals surface area contributed by atoms with Gasteiger partial charge in [0.25, 0.3) is 11.7 Å². The van der Waals surface area contributed by atoms with Crippen molar-refractivity contribution in [1.82, 2.24) is 24.9 Å². The third-order valence-corrected chi connectivity index (χ3v) is 3.94.